The standard InChI is InChI=1S/C19H18F3NO2S2/c1-14-16-10-5-6-11-17(16)26-18(14)23(13-7-12-19(20,21)22)27(24,25)15-8-3-2-4-9-15/h2-6,8-11H,7,12-13H2,1H3. The van der Waals surface area contributed by atoms with Gasteiger partial charge in [0.05, 0.1) is 4.90 Å². The molecule has 1 heterocycles. The van der Waals surface area contributed by atoms with E-state index in [-0.39, 0.29) is 17.9 Å². The quantitative estimate of drug-likeness (QED) is 0.516. The summed E-state index contributed by atoms with van der Waals surface area (Å²) in [6.45, 7) is 1.57. The van der Waals surface area contributed by atoms with Crippen molar-refractivity contribution in [2.24, 2.45) is 0 Å². The van der Waals surface area contributed by atoms with Crippen LogP contribution in [0.3, 0.4) is 0 Å². The lowest BCUT2D eigenvalue weighted by Gasteiger charge is -2.24. The Morgan fingerprint density at radius 1 is 1.00 bits per heavy atom. The van der Waals surface area contributed by atoms with Gasteiger partial charge in [0.25, 0.3) is 10.0 Å². The molecule has 0 bridgehead atoms. The molecular weight excluding hydrogens is 395 g/mol. The van der Waals surface area contributed by atoms with E-state index in [2.05, 4.69) is 0 Å². The number of thiophene rings is 1. The maximum Gasteiger partial charge on any atom is 0.389 e. The molecule has 0 aliphatic heterocycles. The molecule has 0 unspecified atom stereocenters. The van der Waals surface area contributed by atoms with E-state index in [0.29, 0.717) is 5.00 Å². The van der Waals surface area contributed by atoms with E-state index in [1.165, 1.54) is 23.5 Å². The summed E-state index contributed by atoms with van der Waals surface area (Å²) in [6, 6.07) is 15.2. The average molecular weight is 413 g/mol. The number of aryl methyl sites for hydroxylation is 1. The van der Waals surface area contributed by atoms with E-state index < -0.39 is 22.6 Å². The molecule has 0 N–H and O–H groups in total. The van der Waals surface area contributed by atoms with Crippen LogP contribution in [-0.4, -0.2) is 21.1 Å². The normalized spacial score (nSPS) is 12.4. The number of nitrogens with zero attached hydrogens (tertiary/aromatic N) is 1. The van der Waals surface area contributed by atoms with Crippen LogP contribution in [0.15, 0.2) is 59.5 Å². The predicted molar refractivity (Wildman–Crippen MR) is 103 cm³/mol. The summed E-state index contributed by atoms with van der Waals surface area (Å²) in [5, 5.41) is 1.36. The highest BCUT2D eigenvalue weighted by Gasteiger charge is 2.31. The van der Waals surface area contributed by atoms with Crippen molar-refractivity contribution in [3.05, 3.63) is 60.2 Å². The minimum Gasteiger partial charge on any atom is -0.257 e. The van der Waals surface area contributed by atoms with Crippen LogP contribution in [0.2, 0.25) is 0 Å². The van der Waals surface area contributed by atoms with Gasteiger partial charge in [0.15, 0.2) is 0 Å². The molecule has 3 aromatic rings. The predicted octanol–water partition coefficient (Wildman–Crippen LogP) is 5.75. The lowest BCUT2D eigenvalue weighted by molar-refractivity contribution is -0.134. The lowest BCUT2D eigenvalue weighted by atomic mass is 10.2. The number of fused-ring (bicyclic) bond motifs is 1. The summed E-state index contributed by atoms with van der Waals surface area (Å²) in [6.07, 6.45) is -5.65. The van der Waals surface area contributed by atoms with Crippen LogP contribution in [-0.2, 0) is 10.0 Å². The molecule has 144 valence electrons. The van der Waals surface area contributed by atoms with E-state index >= 15 is 0 Å². The number of rotatable bonds is 6. The summed E-state index contributed by atoms with van der Waals surface area (Å²) < 4.78 is 66.2. The number of alkyl halides is 3. The Hall–Kier alpha value is -2.06. The minimum atomic E-state index is -4.32. The van der Waals surface area contributed by atoms with Gasteiger partial charge in [-0.1, -0.05) is 36.4 Å². The number of sulfonamides is 1. The number of halogens is 3. The fourth-order valence-corrected chi connectivity index (χ4v) is 5.90. The van der Waals surface area contributed by atoms with Crippen LogP contribution < -0.4 is 4.31 Å². The molecule has 0 amide bonds. The summed E-state index contributed by atoms with van der Waals surface area (Å²) >= 11 is 1.28. The molecule has 27 heavy (non-hydrogen) atoms. The van der Waals surface area contributed by atoms with Gasteiger partial charge in [-0.15, -0.1) is 11.3 Å². The van der Waals surface area contributed by atoms with Gasteiger partial charge in [0.1, 0.15) is 5.00 Å². The number of hydrogen-bond donors (Lipinski definition) is 0. The molecule has 1 aromatic heterocycles. The zero-order valence-electron chi connectivity index (χ0n) is 14.5. The summed E-state index contributed by atoms with van der Waals surface area (Å²) in [4.78, 5) is 0.0638. The second-order valence-electron chi connectivity index (χ2n) is 6.14. The fourth-order valence-electron chi connectivity index (χ4n) is 2.87. The van der Waals surface area contributed by atoms with Crippen molar-refractivity contribution in [3.63, 3.8) is 0 Å². The highest BCUT2D eigenvalue weighted by atomic mass is 32.2. The van der Waals surface area contributed by atoms with Crippen LogP contribution in [0.25, 0.3) is 10.1 Å². The summed E-state index contributed by atoms with van der Waals surface area (Å²) in [5.74, 6) is 0. The van der Waals surface area contributed by atoms with Crippen molar-refractivity contribution < 1.29 is 21.6 Å². The first kappa shape index (κ1) is 19.7. The molecule has 0 atom stereocenters. The van der Waals surface area contributed by atoms with Crippen LogP contribution in [0.5, 0.6) is 0 Å². The van der Waals surface area contributed by atoms with Crippen LogP contribution in [0.1, 0.15) is 18.4 Å². The van der Waals surface area contributed by atoms with Crippen LogP contribution in [0, 0.1) is 6.92 Å². The topological polar surface area (TPSA) is 37.4 Å². The smallest absolute Gasteiger partial charge is 0.257 e. The van der Waals surface area contributed by atoms with Crippen molar-refractivity contribution in [1.29, 1.82) is 0 Å². The lowest BCUT2D eigenvalue weighted by Crippen LogP contribution is -2.32. The van der Waals surface area contributed by atoms with Gasteiger partial charge >= 0.3 is 6.18 Å². The van der Waals surface area contributed by atoms with Gasteiger partial charge in [-0.3, -0.25) is 4.31 Å². The highest BCUT2D eigenvalue weighted by Crippen LogP contribution is 2.40. The molecule has 0 saturated carbocycles. The average Bonchev–Trinajstić information content (AvgIpc) is 2.95. The van der Waals surface area contributed by atoms with Gasteiger partial charge in [-0.2, -0.15) is 13.2 Å². The molecule has 8 heteroatoms. The Morgan fingerprint density at radius 2 is 1.63 bits per heavy atom. The monoisotopic (exact) mass is 413 g/mol. The highest BCUT2D eigenvalue weighted by molar-refractivity contribution is 7.93. The largest absolute Gasteiger partial charge is 0.389 e. The van der Waals surface area contributed by atoms with E-state index in [0.717, 1.165) is 20.0 Å². The third-order valence-corrected chi connectivity index (χ3v) is 7.42. The molecule has 0 spiro atoms. The Balaban J connectivity index is 2.05. The molecule has 2 aromatic carbocycles. The van der Waals surface area contributed by atoms with Crippen molar-refractivity contribution in [2.45, 2.75) is 30.8 Å². The van der Waals surface area contributed by atoms with Crippen LogP contribution >= 0.6 is 11.3 Å². The molecule has 0 fully saturated rings. The zero-order chi connectivity index (χ0) is 19.7. The van der Waals surface area contributed by atoms with Crippen molar-refractivity contribution in [2.75, 3.05) is 10.8 Å². The maximum absolute atomic E-state index is 13.2. The van der Waals surface area contributed by atoms with Gasteiger partial charge in [0.2, 0.25) is 0 Å². The second-order valence-corrected chi connectivity index (χ2v) is 9.03. The summed E-state index contributed by atoms with van der Waals surface area (Å²) in [7, 11) is -3.97. The molecule has 0 aliphatic rings. The first-order valence-electron chi connectivity index (χ1n) is 8.33. The first-order valence-corrected chi connectivity index (χ1v) is 10.6. The minimum absolute atomic E-state index is 0.0638. The number of anilines is 1. The van der Waals surface area contributed by atoms with Crippen molar-refractivity contribution >= 4 is 36.4 Å². The van der Waals surface area contributed by atoms with Crippen LogP contribution in [0.4, 0.5) is 18.2 Å². The van der Waals surface area contributed by atoms with Crippen molar-refractivity contribution in [3.8, 4) is 0 Å². The molecule has 0 radical (unpaired) electrons. The fraction of sp³-hybridized carbons (Fsp3) is 0.263. The zero-order valence-corrected chi connectivity index (χ0v) is 16.2. The van der Waals surface area contributed by atoms with Gasteiger partial charge in [-0.25, -0.2) is 8.42 Å². The van der Waals surface area contributed by atoms with Gasteiger partial charge in [0, 0.05) is 17.7 Å². The third kappa shape index (κ3) is 4.27. The first-order chi connectivity index (χ1) is 12.7. The van der Waals surface area contributed by atoms with Gasteiger partial charge < -0.3 is 0 Å². The molecule has 3 nitrogen and oxygen atoms in total. The second kappa shape index (κ2) is 7.52. The van der Waals surface area contributed by atoms with E-state index in [4.69, 9.17) is 0 Å². The molecular formula is C19H18F3NO2S2. The van der Waals surface area contributed by atoms with E-state index in [9.17, 15) is 21.6 Å². The number of benzene rings is 2. The van der Waals surface area contributed by atoms with E-state index in [1.54, 1.807) is 25.1 Å². The Morgan fingerprint density at radius 3 is 2.26 bits per heavy atom. The molecule has 0 aliphatic carbocycles. The van der Waals surface area contributed by atoms with Gasteiger partial charge in [-0.05, 0) is 42.5 Å². The Labute approximate surface area is 160 Å². The molecule has 3 rings (SSSR count). The summed E-state index contributed by atoms with van der Waals surface area (Å²) in [5.41, 5.74) is 0.752. The van der Waals surface area contributed by atoms with E-state index in [1.807, 2.05) is 24.3 Å². The SMILES string of the molecule is Cc1c(N(CCCC(F)(F)F)S(=O)(=O)c2ccccc2)sc2ccccc12. The third-order valence-electron chi connectivity index (χ3n) is 4.20. The number of hydrogen-bond acceptors (Lipinski definition) is 3. The Bertz CT molecular complexity index is 1030. The Kier molecular flexibility index (Phi) is 5.48. The van der Waals surface area contributed by atoms with Crippen molar-refractivity contribution in [1.82, 2.24) is 0 Å². The maximum atomic E-state index is 13.2. The molecule has 0 saturated heterocycles.